The maximum atomic E-state index is 13.3. The molecule has 0 radical (unpaired) electrons. The molecule has 0 aliphatic carbocycles. The summed E-state index contributed by atoms with van der Waals surface area (Å²) < 4.78 is 38.9. The number of rotatable bonds is 3. The Morgan fingerprint density at radius 1 is 1.12 bits per heavy atom. The topological polar surface area (TPSA) is 17.1 Å². The van der Waals surface area contributed by atoms with Gasteiger partial charge >= 0.3 is 0 Å². The number of carbonyl (C=O) groups is 1. The monoisotopic (exact) mass is 256 g/mol. The first kappa shape index (κ1) is 11.9. The Morgan fingerprint density at radius 3 is 2.53 bits per heavy atom. The Hall–Kier alpha value is -1.62. The second-order valence-corrected chi connectivity index (χ2v) is 4.23. The number of ketones is 1. The molecule has 0 saturated heterocycles. The third kappa shape index (κ3) is 2.39. The van der Waals surface area contributed by atoms with Gasteiger partial charge in [-0.15, -0.1) is 0 Å². The lowest BCUT2D eigenvalue weighted by atomic mass is 10.0. The summed E-state index contributed by atoms with van der Waals surface area (Å²) in [5, 5.41) is 3.53. The van der Waals surface area contributed by atoms with Crippen LogP contribution in [0.4, 0.5) is 13.2 Å². The second-order valence-electron chi connectivity index (χ2n) is 3.45. The smallest absolute Gasteiger partial charge is 0.195 e. The quantitative estimate of drug-likeness (QED) is 0.606. The lowest BCUT2D eigenvalue weighted by molar-refractivity contribution is 0.0988. The lowest BCUT2D eigenvalue weighted by Gasteiger charge is -2.03. The molecule has 0 N–H and O–H groups in total. The number of hydrogen-bond donors (Lipinski definition) is 0. The van der Waals surface area contributed by atoms with Gasteiger partial charge in [0, 0.05) is 6.42 Å². The maximum absolute atomic E-state index is 13.3. The van der Waals surface area contributed by atoms with Crippen LogP contribution in [0.2, 0.25) is 0 Å². The van der Waals surface area contributed by atoms with Gasteiger partial charge in [0.15, 0.2) is 23.2 Å². The number of carbonyl (C=O) groups excluding carboxylic acids is 1. The van der Waals surface area contributed by atoms with E-state index in [2.05, 4.69) is 0 Å². The Bertz CT molecular complexity index is 549. The Kier molecular flexibility index (Phi) is 3.28. The Labute approximate surface area is 99.5 Å². The van der Waals surface area contributed by atoms with E-state index in [9.17, 15) is 18.0 Å². The van der Waals surface area contributed by atoms with E-state index in [1.54, 1.807) is 16.8 Å². The zero-order chi connectivity index (χ0) is 12.4. The van der Waals surface area contributed by atoms with Crippen molar-refractivity contribution in [2.24, 2.45) is 0 Å². The van der Waals surface area contributed by atoms with Crippen LogP contribution in [0.15, 0.2) is 29.0 Å². The van der Waals surface area contributed by atoms with E-state index in [1.807, 2.05) is 0 Å². The summed E-state index contributed by atoms with van der Waals surface area (Å²) >= 11 is 1.41. The molecule has 0 fully saturated rings. The van der Waals surface area contributed by atoms with Crippen LogP contribution in [0.1, 0.15) is 15.9 Å². The van der Waals surface area contributed by atoms with Gasteiger partial charge in [-0.3, -0.25) is 4.79 Å². The summed E-state index contributed by atoms with van der Waals surface area (Å²) in [7, 11) is 0. The summed E-state index contributed by atoms with van der Waals surface area (Å²) in [6, 6.07) is 3.43. The number of thiophene rings is 1. The first-order chi connectivity index (χ1) is 8.09. The minimum atomic E-state index is -1.61. The summed E-state index contributed by atoms with van der Waals surface area (Å²) in [6.45, 7) is 0. The molecule has 0 unspecified atom stereocenters. The van der Waals surface area contributed by atoms with Crippen LogP contribution < -0.4 is 0 Å². The van der Waals surface area contributed by atoms with Crippen molar-refractivity contribution in [1.29, 1.82) is 0 Å². The molecule has 0 amide bonds. The Morgan fingerprint density at radius 2 is 1.88 bits per heavy atom. The number of Topliss-reactive ketones (excluding diaryl/α,β-unsaturated/α-hetero) is 1. The maximum Gasteiger partial charge on any atom is 0.195 e. The fourth-order valence-corrected chi connectivity index (χ4v) is 2.08. The highest BCUT2D eigenvalue weighted by Crippen LogP contribution is 2.18. The largest absolute Gasteiger partial charge is 0.294 e. The molecule has 1 heterocycles. The van der Waals surface area contributed by atoms with Crippen molar-refractivity contribution in [3.8, 4) is 0 Å². The standard InChI is InChI=1S/C12H7F3OS/c13-9-2-1-8(11(14)12(9)15)10(16)5-7-3-4-17-6-7/h1-4,6H,5H2. The Balaban J connectivity index is 2.29. The molecule has 17 heavy (non-hydrogen) atoms. The van der Waals surface area contributed by atoms with E-state index >= 15 is 0 Å². The van der Waals surface area contributed by atoms with Gasteiger partial charge < -0.3 is 0 Å². The number of hydrogen-bond acceptors (Lipinski definition) is 2. The number of benzene rings is 1. The van der Waals surface area contributed by atoms with Gasteiger partial charge in [0.2, 0.25) is 0 Å². The predicted molar refractivity (Wildman–Crippen MR) is 58.7 cm³/mol. The van der Waals surface area contributed by atoms with Crippen molar-refractivity contribution in [2.45, 2.75) is 6.42 Å². The summed E-state index contributed by atoms with van der Waals surface area (Å²) in [4.78, 5) is 11.7. The molecule has 88 valence electrons. The highest BCUT2D eigenvalue weighted by molar-refractivity contribution is 7.08. The molecule has 0 saturated carbocycles. The first-order valence-corrected chi connectivity index (χ1v) is 5.71. The third-order valence-corrected chi connectivity index (χ3v) is 3.01. The van der Waals surface area contributed by atoms with Gasteiger partial charge in [-0.1, -0.05) is 0 Å². The van der Waals surface area contributed by atoms with E-state index in [0.29, 0.717) is 0 Å². The molecule has 5 heteroatoms. The molecule has 0 atom stereocenters. The van der Waals surface area contributed by atoms with Crippen LogP contribution in [0.3, 0.4) is 0 Å². The molecule has 0 aliphatic heterocycles. The van der Waals surface area contributed by atoms with Crippen LogP contribution in [0, 0.1) is 17.5 Å². The molecule has 2 rings (SSSR count). The number of halogens is 3. The van der Waals surface area contributed by atoms with Crippen molar-refractivity contribution >= 4 is 17.1 Å². The molecule has 1 aromatic heterocycles. The van der Waals surface area contributed by atoms with Crippen LogP contribution in [0.25, 0.3) is 0 Å². The van der Waals surface area contributed by atoms with Crippen molar-refractivity contribution in [2.75, 3.05) is 0 Å². The van der Waals surface area contributed by atoms with Crippen molar-refractivity contribution in [3.63, 3.8) is 0 Å². The van der Waals surface area contributed by atoms with Crippen LogP contribution in [-0.2, 0) is 6.42 Å². The normalized spacial score (nSPS) is 10.5. The first-order valence-electron chi connectivity index (χ1n) is 4.77. The molecular weight excluding hydrogens is 249 g/mol. The highest BCUT2D eigenvalue weighted by Gasteiger charge is 2.18. The zero-order valence-electron chi connectivity index (χ0n) is 8.54. The fourth-order valence-electron chi connectivity index (χ4n) is 1.42. The van der Waals surface area contributed by atoms with Gasteiger partial charge in [-0.25, -0.2) is 13.2 Å². The van der Waals surface area contributed by atoms with E-state index in [0.717, 1.165) is 17.7 Å². The van der Waals surface area contributed by atoms with E-state index < -0.39 is 28.8 Å². The second kappa shape index (κ2) is 4.71. The average molecular weight is 256 g/mol. The van der Waals surface area contributed by atoms with Crippen LogP contribution >= 0.6 is 11.3 Å². The van der Waals surface area contributed by atoms with Crippen molar-refractivity contribution in [3.05, 3.63) is 57.5 Å². The van der Waals surface area contributed by atoms with Gasteiger partial charge in [0.1, 0.15) is 0 Å². The molecule has 0 spiro atoms. The van der Waals surface area contributed by atoms with Crippen LogP contribution in [-0.4, -0.2) is 5.78 Å². The molecule has 0 bridgehead atoms. The molecular formula is C12H7F3OS. The van der Waals surface area contributed by atoms with Gasteiger partial charge in [-0.2, -0.15) is 11.3 Å². The fraction of sp³-hybridized carbons (Fsp3) is 0.0833. The summed E-state index contributed by atoms with van der Waals surface area (Å²) in [6.07, 6.45) is -0.0223. The lowest BCUT2D eigenvalue weighted by Crippen LogP contribution is -2.08. The average Bonchev–Trinajstić information content (AvgIpc) is 2.78. The molecule has 0 aliphatic rings. The van der Waals surface area contributed by atoms with Gasteiger partial charge in [0.25, 0.3) is 0 Å². The minimum Gasteiger partial charge on any atom is -0.294 e. The van der Waals surface area contributed by atoms with Crippen molar-refractivity contribution in [1.82, 2.24) is 0 Å². The van der Waals surface area contributed by atoms with Crippen LogP contribution in [0.5, 0.6) is 0 Å². The van der Waals surface area contributed by atoms with Gasteiger partial charge in [-0.05, 0) is 34.5 Å². The summed E-state index contributed by atoms with van der Waals surface area (Å²) in [5.41, 5.74) is 0.305. The van der Waals surface area contributed by atoms with E-state index in [4.69, 9.17) is 0 Å². The predicted octanol–water partition coefficient (Wildman–Crippen LogP) is 3.59. The SMILES string of the molecule is O=C(Cc1ccsc1)c1ccc(F)c(F)c1F. The van der Waals surface area contributed by atoms with E-state index in [-0.39, 0.29) is 6.42 Å². The highest BCUT2D eigenvalue weighted by atomic mass is 32.1. The molecule has 1 nitrogen and oxygen atoms in total. The van der Waals surface area contributed by atoms with Crippen molar-refractivity contribution < 1.29 is 18.0 Å². The van der Waals surface area contributed by atoms with Gasteiger partial charge in [0.05, 0.1) is 5.56 Å². The minimum absolute atomic E-state index is 0.0223. The zero-order valence-corrected chi connectivity index (χ0v) is 9.36. The molecule has 2 aromatic rings. The van der Waals surface area contributed by atoms with E-state index in [1.165, 1.54) is 11.3 Å². The third-order valence-electron chi connectivity index (χ3n) is 2.28. The summed E-state index contributed by atoms with van der Waals surface area (Å²) in [5.74, 6) is -4.90. The molecule has 1 aromatic carbocycles.